The molecule has 0 aliphatic carbocycles. The van der Waals surface area contributed by atoms with Crippen LogP contribution in [0.15, 0.2) is 0 Å². The number of hydrogen-bond acceptors (Lipinski definition) is 5. The van der Waals surface area contributed by atoms with Crippen molar-refractivity contribution in [1.82, 2.24) is 4.90 Å². The zero-order valence-corrected chi connectivity index (χ0v) is 6.29. The Morgan fingerprint density at radius 2 is 2.17 bits per heavy atom. The lowest BCUT2D eigenvalue weighted by molar-refractivity contribution is -1.08. The molecule has 2 amide bonds. The second-order valence-electron chi connectivity index (χ2n) is 2.60. The number of aliphatic hydroxyl groups excluding tert-OH is 3. The molecule has 0 saturated carbocycles. The molecule has 2 atom stereocenters. The van der Waals surface area contributed by atoms with E-state index in [4.69, 9.17) is 15.3 Å². The van der Waals surface area contributed by atoms with Crippen molar-refractivity contribution in [3.05, 3.63) is 0 Å². The lowest BCUT2D eigenvalue weighted by Gasteiger charge is -2.20. The monoisotopic (exact) mass is 179 g/mol. The number of carbonyl (C=O) groups is 1. The standard InChI is InChI=1S/C5H11N2O5/c8-2-6-1-4(10)7(12,3-9)5(6)11/h4,8-10,12H,1-3H2/q+1. The van der Waals surface area contributed by atoms with Crippen LogP contribution in [0.3, 0.4) is 0 Å². The molecule has 1 aliphatic heterocycles. The van der Waals surface area contributed by atoms with Crippen LogP contribution in [0.2, 0.25) is 0 Å². The van der Waals surface area contributed by atoms with Crippen molar-refractivity contribution in [2.75, 3.05) is 20.0 Å². The second kappa shape index (κ2) is 2.96. The number of carbonyl (C=O) groups excluding carboxylic acids is 1. The summed E-state index contributed by atoms with van der Waals surface area (Å²) in [7, 11) is 0. The highest BCUT2D eigenvalue weighted by atomic mass is 16.6. The van der Waals surface area contributed by atoms with E-state index in [1.165, 1.54) is 0 Å². The summed E-state index contributed by atoms with van der Waals surface area (Å²) in [6, 6.07) is -0.910. The first-order chi connectivity index (χ1) is 5.56. The molecule has 0 bridgehead atoms. The molecule has 7 nitrogen and oxygen atoms in total. The van der Waals surface area contributed by atoms with E-state index < -0.39 is 30.4 Å². The predicted octanol–water partition coefficient (Wildman–Crippen LogP) is -2.15. The number of hydrogen-bond donors (Lipinski definition) is 4. The molecular formula is C5H11N2O5+. The Balaban J connectivity index is 2.84. The van der Waals surface area contributed by atoms with Gasteiger partial charge >= 0.3 is 6.03 Å². The Bertz CT molecular complexity index is 198. The highest BCUT2D eigenvalue weighted by molar-refractivity contribution is 5.68. The van der Waals surface area contributed by atoms with Crippen LogP contribution < -0.4 is 0 Å². The van der Waals surface area contributed by atoms with Crippen molar-refractivity contribution in [3.8, 4) is 0 Å². The minimum atomic E-state index is -1.47. The highest BCUT2D eigenvalue weighted by Gasteiger charge is 2.54. The number of urea groups is 1. The number of aliphatic hydroxyl groups is 3. The lowest BCUT2D eigenvalue weighted by Crippen LogP contribution is -2.53. The van der Waals surface area contributed by atoms with Crippen LogP contribution >= 0.6 is 0 Å². The second-order valence-corrected chi connectivity index (χ2v) is 2.60. The predicted molar refractivity (Wildman–Crippen MR) is 34.3 cm³/mol. The molecule has 7 heteroatoms. The molecule has 0 aromatic rings. The smallest absolute Gasteiger partial charge is 0.376 e. The maximum Gasteiger partial charge on any atom is 0.458 e. The van der Waals surface area contributed by atoms with E-state index in [9.17, 15) is 10.0 Å². The molecule has 1 saturated heterocycles. The Kier molecular flexibility index (Phi) is 2.31. The highest BCUT2D eigenvalue weighted by Crippen LogP contribution is 2.19. The number of hydroxylamine groups is 3. The number of nitrogens with zero attached hydrogens (tertiary/aromatic N) is 2. The van der Waals surface area contributed by atoms with Gasteiger partial charge in [0.15, 0.2) is 0 Å². The molecule has 1 heterocycles. The first kappa shape index (κ1) is 9.36. The first-order valence-electron chi connectivity index (χ1n) is 3.36. The molecule has 1 fully saturated rings. The molecule has 2 unspecified atom stereocenters. The van der Waals surface area contributed by atoms with Gasteiger partial charge in [0.1, 0.15) is 13.3 Å². The van der Waals surface area contributed by atoms with Gasteiger partial charge in [-0.1, -0.05) is 4.65 Å². The van der Waals surface area contributed by atoms with Gasteiger partial charge < -0.3 is 15.3 Å². The van der Waals surface area contributed by atoms with E-state index in [2.05, 4.69) is 0 Å². The van der Waals surface area contributed by atoms with Crippen LogP contribution in [0, 0.1) is 0 Å². The molecule has 4 N–H and O–H groups in total. The van der Waals surface area contributed by atoms with Crippen molar-refractivity contribution < 1.29 is 30.0 Å². The summed E-state index contributed by atoms with van der Waals surface area (Å²) < 4.78 is -1.47. The summed E-state index contributed by atoms with van der Waals surface area (Å²) >= 11 is 0. The van der Waals surface area contributed by atoms with E-state index in [1.54, 1.807) is 0 Å². The molecule has 0 aromatic carbocycles. The zero-order chi connectivity index (χ0) is 9.35. The molecule has 1 rings (SSSR count). The fourth-order valence-electron chi connectivity index (χ4n) is 1.06. The van der Waals surface area contributed by atoms with Crippen LogP contribution in [0.1, 0.15) is 0 Å². The van der Waals surface area contributed by atoms with Crippen molar-refractivity contribution in [1.29, 1.82) is 0 Å². The lowest BCUT2D eigenvalue weighted by atomic mass is 10.5. The molecule has 70 valence electrons. The minimum absolute atomic E-state index is 0.188. The van der Waals surface area contributed by atoms with Crippen LogP contribution in [0.5, 0.6) is 0 Å². The van der Waals surface area contributed by atoms with Gasteiger partial charge in [0.2, 0.25) is 13.0 Å². The Labute approximate surface area is 68.2 Å². The summed E-state index contributed by atoms with van der Waals surface area (Å²) in [5.41, 5.74) is 0. The Morgan fingerprint density at radius 1 is 1.58 bits per heavy atom. The van der Waals surface area contributed by atoms with Crippen LogP contribution in [-0.2, 0) is 0 Å². The third kappa shape index (κ3) is 1.08. The minimum Gasteiger partial charge on any atom is -0.376 e. The van der Waals surface area contributed by atoms with Crippen LogP contribution in [0.4, 0.5) is 4.79 Å². The van der Waals surface area contributed by atoms with Gasteiger partial charge in [-0.25, -0.2) is 10.0 Å². The topological polar surface area (TPSA) is 101 Å². The van der Waals surface area contributed by atoms with Gasteiger partial charge in [-0.2, -0.15) is 0 Å². The van der Waals surface area contributed by atoms with Gasteiger partial charge in [-0.05, 0) is 0 Å². The molecular weight excluding hydrogens is 168 g/mol. The van der Waals surface area contributed by atoms with Crippen LogP contribution in [0.25, 0.3) is 0 Å². The number of β-amino-alcohol motifs (C(OH)–C–C–N with tert-alkyl or cyclic N) is 1. The fourth-order valence-corrected chi connectivity index (χ4v) is 1.06. The third-order valence-electron chi connectivity index (χ3n) is 1.86. The Hall–Kier alpha value is -0.730. The normalized spacial score (nSPS) is 36.2. The van der Waals surface area contributed by atoms with E-state index >= 15 is 0 Å². The summed E-state index contributed by atoms with van der Waals surface area (Å²) in [5.74, 6) is 0. The van der Waals surface area contributed by atoms with Crippen molar-refractivity contribution in [3.63, 3.8) is 0 Å². The zero-order valence-electron chi connectivity index (χ0n) is 6.29. The first-order valence-corrected chi connectivity index (χ1v) is 3.36. The van der Waals surface area contributed by atoms with Gasteiger partial charge in [0.05, 0.1) is 0 Å². The Morgan fingerprint density at radius 3 is 2.42 bits per heavy atom. The maximum absolute atomic E-state index is 11.1. The van der Waals surface area contributed by atoms with Crippen LogP contribution in [-0.4, -0.2) is 62.3 Å². The summed E-state index contributed by atoms with van der Waals surface area (Å²) in [6.07, 6.45) is -1.41. The summed E-state index contributed by atoms with van der Waals surface area (Å²) in [6.45, 7) is -1.68. The summed E-state index contributed by atoms with van der Waals surface area (Å²) in [5, 5.41) is 35.6. The third-order valence-corrected chi connectivity index (χ3v) is 1.86. The van der Waals surface area contributed by atoms with Crippen molar-refractivity contribution >= 4 is 6.03 Å². The van der Waals surface area contributed by atoms with Crippen molar-refractivity contribution in [2.45, 2.75) is 6.23 Å². The number of amides is 2. The summed E-state index contributed by atoms with van der Waals surface area (Å²) in [4.78, 5) is 11.9. The van der Waals surface area contributed by atoms with E-state index in [-0.39, 0.29) is 6.54 Å². The largest absolute Gasteiger partial charge is 0.458 e. The number of rotatable bonds is 2. The van der Waals surface area contributed by atoms with Crippen molar-refractivity contribution in [2.24, 2.45) is 0 Å². The van der Waals surface area contributed by atoms with Gasteiger partial charge in [0, 0.05) is 0 Å². The average Bonchev–Trinajstić information content (AvgIpc) is 2.30. The molecule has 1 aliphatic rings. The number of quaternary nitrogens is 1. The van der Waals surface area contributed by atoms with E-state index in [0.717, 1.165) is 4.90 Å². The fraction of sp³-hybridized carbons (Fsp3) is 0.800. The SMILES string of the molecule is O=C1N(CO)CC(O)[N+]1(O)CO. The van der Waals surface area contributed by atoms with E-state index in [0.29, 0.717) is 0 Å². The maximum atomic E-state index is 11.1. The van der Waals surface area contributed by atoms with Gasteiger partial charge in [0.25, 0.3) is 0 Å². The van der Waals surface area contributed by atoms with E-state index in [1.807, 2.05) is 0 Å². The quantitative estimate of drug-likeness (QED) is 0.286. The molecule has 0 aromatic heterocycles. The van der Waals surface area contributed by atoms with Gasteiger partial charge in [-0.15, -0.1) is 0 Å². The van der Waals surface area contributed by atoms with Gasteiger partial charge in [-0.3, -0.25) is 4.90 Å². The average molecular weight is 179 g/mol. The molecule has 0 radical (unpaired) electrons. The molecule has 0 spiro atoms. The molecule has 12 heavy (non-hydrogen) atoms.